The molecule has 5 nitrogen and oxygen atoms in total. The third-order valence-electron chi connectivity index (χ3n) is 2.85. The van der Waals surface area contributed by atoms with Crippen LogP contribution in [0.4, 0.5) is 0 Å². The molecule has 0 amide bonds. The largest absolute Gasteiger partial charge is 0.479 e. The monoisotopic (exact) mass is 240 g/mol. The van der Waals surface area contributed by atoms with E-state index in [2.05, 4.69) is 15.0 Å². The van der Waals surface area contributed by atoms with E-state index in [0.717, 1.165) is 17.0 Å². The summed E-state index contributed by atoms with van der Waals surface area (Å²) < 4.78 is 7.14. The van der Waals surface area contributed by atoms with Gasteiger partial charge in [0.15, 0.2) is 11.2 Å². The van der Waals surface area contributed by atoms with Gasteiger partial charge >= 0.3 is 0 Å². The van der Waals surface area contributed by atoms with E-state index in [9.17, 15) is 0 Å². The van der Waals surface area contributed by atoms with Crippen molar-refractivity contribution in [2.24, 2.45) is 7.05 Å². The second-order valence-corrected chi connectivity index (χ2v) is 3.92. The van der Waals surface area contributed by atoms with Gasteiger partial charge in [0.2, 0.25) is 5.88 Å². The molecule has 90 valence electrons. The molecule has 2 heterocycles. The zero-order valence-corrected chi connectivity index (χ0v) is 10.2. The third-order valence-corrected chi connectivity index (χ3v) is 2.85. The standard InChI is InChI=1S/C13H12N4O/c1-17-11(9-6-4-3-5-7-9)16-10-12(17)14-8-15-13(10)18-2/h3-8H,1-2H3. The zero-order chi connectivity index (χ0) is 12.5. The van der Waals surface area contributed by atoms with Gasteiger partial charge in [0.05, 0.1) is 7.11 Å². The molecule has 0 atom stereocenters. The maximum absolute atomic E-state index is 5.20. The van der Waals surface area contributed by atoms with Gasteiger partial charge < -0.3 is 9.30 Å². The Bertz CT molecular complexity index is 691. The van der Waals surface area contributed by atoms with Crippen molar-refractivity contribution in [1.29, 1.82) is 0 Å². The van der Waals surface area contributed by atoms with Crippen LogP contribution in [-0.4, -0.2) is 26.6 Å². The molecule has 0 saturated heterocycles. The average molecular weight is 240 g/mol. The summed E-state index contributed by atoms with van der Waals surface area (Å²) in [5.41, 5.74) is 2.49. The van der Waals surface area contributed by atoms with E-state index in [-0.39, 0.29) is 0 Å². The quantitative estimate of drug-likeness (QED) is 0.687. The summed E-state index contributed by atoms with van der Waals surface area (Å²) in [6.45, 7) is 0. The van der Waals surface area contributed by atoms with Gasteiger partial charge in [-0.15, -0.1) is 0 Å². The second kappa shape index (κ2) is 4.10. The lowest BCUT2D eigenvalue weighted by atomic mass is 10.2. The molecule has 0 fully saturated rings. The van der Waals surface area contributed by atoms with E-state index < -0.39 is 0 Å². The maximum atomic E-state index is 5.20. The minimum Gasteiger partial charge on any atom is -0.479 e. The fourth-order valence-corrected chi connectivity index (χ4v) is 1.97. The van der Waals surface area contributed by atoms with Gasteiger partial charge in [0.25, 0.3) is 0 Å². The van der Waals surface area contributed by atoms with Gasteiger partial charge in [-0.05, 0) is 0 Å². The molecule has 0 aliphatic carbocycles. The summed E-state index contributed by atoms with van der Waals surface area (Å²) in [6, 6.07) is 9.98. The Labute approximate surface area is 104 Å². The first-order valence-electron chi connectivity index (χ1n) is 5.58. The fourth-order valence-electron chi connectivity index (χ4n) is 1.97. The Kier molecular flexibility index (Phi) is 2.44. The molecule has 1 aromatic carbocycles. The molecule has 0 bridgehead atoms. The van der Waals surface area contributed by atoms with Crippen molar-refractivity contribution < 1.29 is 4.74 Å². The van der Waals surface area contributed by atoms with Crippen LogP contribution < -0.4 is 4.74 Å². The van der Waals surface area contributed by atoms with E-state index in [1.54, 1.807) is 7.11 Å². The molecule has 0 radical (unpaired) electrons. The highest BCUT2D eigenvalue weighted by molar-refractivity contribution is 5.81. The van der Waals surface area contributed by atoms with Crippen LogP contribution in [0.3, 0.4) is 0 Å². The summed E-state index contributed by atoms with van der Waals surface area (Å²) in [5.74, 6) is 1.35. The van der Waals surface area contributed by atoms with Gasteiger partial charge in [-0.1, -0.05) is 30.3 Å². The Morgan fingerprint density at radius 2 is 1.89 bits per heavy atom. The lowest BCUT2D eigenvalue weighted by Crippen LogP contribution is -1.94. The van der Waals surface area contributed by atoms with Gasteiger partial charge in [0, 0.05) is 12.6 Å². The Balaban J connectivity index is 2.29. The molecule has 2 aromatic heterocycles. The number of benzene rings is 1. The van der Waals surface area contributed by atoms with Crippen LogP contribution in [-0.2, 0) is 7.05 Å². The summed E-state index contributed by atoms with van der Waals surface area (Å²) in [5, 5.41) is 0. The number of fused-ring (bicyclic) bond motifs is 1. The SMILES string of the molecule is COc1ncnc2c1nc(-c1ccccc1)n2C. The van der Waals surface area contributed by atoms with Crippen molar-refractivity contribution >= 4 is 11.2 Å². The van der Waals surface area contributed by atoms with E-state index >= 15 is 0 Å². The Morgan fingerprint density at radius 3 is 2.61 bits per heavy atom. The van der Waals surface area contributed by atoms with Crippen LogP contribution in [0.5, 0.6) is 5.88 Å². The number of aromatic nitrogens is 4. The van der Waals surface area contributed by atoms with E-state index in [0.29, 0.717) is 11.4 Å². The third kappa shape index (κ3) is 1.52. The van der Waals surface area contributed by atoms with Crippen LogP contribution in [0.2, 0.25) is 0 Å². The fraction of sp³-hybridized carbons (Fsp3) is 0.154. The maximum Gasteiger partial charge on any atom is 0.245 e. The number of imidazole rings is 1. The van der Waals surface area contributed by atoms with Crippen LogP contribution in [0.1, 0.15) is 0 Å². The lowest BCUT2D eigenvalue weighted by molar-refractivity contribution is 0.401. The van der Waals surface area contributed by atoms with Crippen LogP contribution in [0, 0.1) is 0 Å². The van der Waals surface area contributed by atoms with Crippen molar-refractivity contribution in [2.75, 3.05) is 7.11 Å². The molecule has 0 N–H and O–H groups in total. The number of rotatable bonds is 2. The number of hydrogen-bond acceptors (Lipinski definition) is 4. The number of hydrogen-bond donors (Lipinski definition) is 0. The molecule has 3 rings (SSSR count). The number of nitrogens with zero attached hydrogens (tertiary/aromatic N) is 4. The molecule has 5 heteroatoms. The molecule has 18 heavy (non-hydrogen) atoms. The van der Waals surface area contributed by atoms with E-state index in [4.69, 9.17) is 4.74 Å². The van der Waals surface area contributed by atoms with Crippen LogP contribution in [0.15, 0.2) is 36.7 Å². The van der Waals surface area contributed by atoms with Crippen molar-refractivity contribution in [3.8, 4) is 17.3 Å². The van der Waals surface area contributed by atoms with Gasteiger partial charge in [-0.3, -0.25) is 0 Å². The summed E-state index contributed by atoms with van der Waals surface area (Å²) >= 11 is 0. The molecular weight excluding hydrogens is 228 g/mol. The molecular formula is C13H12N4O. The number of aryl methyl sites for hydroxylation is 1. The van der Waals surface area contributed by atoms with E-state index in [1.807, 2.05) is 41.9 Å². The minimum atomic E-state index is 0.498. The second-order valence-electron chi connectivity index (χ2n) is 3.92. The van der Waals surface area contributed by atoms with Gasteiger partial charge in [-0.25, -0.2) is 9.97 Å². The predicted molar refractivity (Wildman–Crippen MR) is 68.3 cm³/mol. The highest BCUT2D eigenvalue weighted by atomic mass is 16.5. The van der Waals surface area contributed by atoms with Crippen molar-refractivity contribution in [3.63, 3.8) is 0 Å². The summed E-state index contributed by atoms with van der Waals surface area (Å²) in [6.07, 6.45) is 1.48. The molecule has 3 aromatic rings. The summed E-state index contributed by atoms with van der Waals surface area (Å²) in [4.78, 5) is 12.9. The average Bonchev–Trinajstić information content (AvgIpc) is 2.77. The number of ether oxygens (including phenoxy) is 1. The highest BCUT2D eigenvalue weighted by Gasteiger charge is 2.14. The first-order chi connectivity index (χ1) is 8.81. The first kappa shape index (κ1) is 10.7. The minimum absolute atomic E-state index is 0.498. The van der Waals surface area contributed by atoms with Gasteiger partial charge in [-0.2, -0.15) is 4.98 Å². The molecule has 0 spiro atoms. The molecule has 0 saturated carbocycles. The Morgan fingerprint density at radius 1 is 1.11 bits per heavy atom. The summed E-state index contributed by atoms with van der Waals surface area (Å²) in [7, 11) is 3.52. The van der Waals surface area contributed by atoms with Crippen LogP contribution >= 0.6 is 0 Å². The first-order valence-corrected chi connectivity index (χ1v) is 5.58. The Hall–Kier alpha value is -2.43. The number of methoxy groups -OCH3 is 1. The van der Waals surface area contributed by atoms with Gasteiger partial charge in [0.1, 0.15) is 12.2 Å². The van der Waals surface area contributed by atoms with Crippen molar-refractivity contribution in [1.82, 2.24) is 19.5 Å². The molecule has 0 unspecified atom stereocenters. The highest BCUT2D eigenvalue weighted by Crippen LogP contribution is 2.26. The normalized spacial score (nSPS) is 10.8. The van der Waals surface area contributed by atoms with Crippen molar-refractivity contribution in [3.05, 3.63) is 36.7 Å². The van der Waals surface area contributed by atoms with Crippen LogP contribution in [0.25, 0.3) is 22.6 Å². The lowest BCUT2D eigenvalue weighted by Gasteiger charge is -2.00. The van der Waals surface area contributed by atoms with Crippen molar-refractivity contribution in [2.45, 2.75) is 0 Å². The molecule has 0 aliphatic rings. The smallest absolute Gasteiger partial charge is 0.245 e. The topological polar surface area (TPSA) is 52.8 Å². The molecule has 0 aliphatic heterocycles. The predicted octanol–water partition coefficient (Wildman–Crippen LogP) is 2.04. The van der Waals surface area contributed by atoms with E-state index in [1.165, 1.54) is 6.33 Å². The zero-order valence-electron chi connectivity index (χ0n) is 10.2.